The van der Waals surface area contributed by atoms with Gasteiger partial charge in [0, 0.05) is 10.6 Å². The largest absolute Gasteiger partial charge is 0.399 e. The van der Waals surface area contributed by atoms with Gasteiger partial charge in [0.1, 0.15) is 0 Å². The molecule has 0 bridgehead atoms. The van der Waals surface area contributed by atoms with Crippen molar-refractivity contribution < 1.29 is 4.21 Å². The van der Waals surface area contributed by atoms with Crippen molar-refractivity contribution in [3.63, 3.8) is 0 Å². The third kappa shape index (κ3) is 3.44. The molecule has 0 aliphatic heterocycles. The molecule has 19 heavy (non-hydrogen) atoms. The topological polar surface area (TPSA) is 43.1 Å². The Morgan fingerprint density at radius 2 is 1.68 bits per heavy atom. The summed E-state index contributed by atoms with van der Waals surface area (Å²) in [5, 5.41) is 0. The summed E-state index contributed by atoms with van der Waals surface area (Å²) < 4.78 is 12.4. The van der Waals surface area contributed by atoms with Crippen molar-refractivity contribution in [2.45, 2.75) is 30.9 Å². The van der Waals surface area contributed by atoms with Gasteiger partial charge in [0.15, 0.2) is 0 Å². The van der Waals surface area contributed by atoms with Crippen molar-refractivity contribution in [1.29, 1.82) is 0 Å². The van der Waals surface area contributed by atoms with Gasteiger partial charge in [-0.05, 0) is 42.2 Å². The maximum Gasteiger partial charge on any atom is 0.0577 e. The molecule has 100 valence electrons. The minimum atomic E-state index is -1.04. The molecule has 2 rings (SSSR count). The lowest BCUT2D eigenvalue weighted by Gasteiger charge is -2.07. The van der Waals surface area contributed by atoms with Gasteiger partial charge in [-0.3, -0.25) is 4.21 Å². The van der Waals surface area contributed by atoms with Crippen LogP contribution in [-0.4, -0.2) is 4.21 Å². The second-order valence-electron chi connectivity index (χ2n) is 4.68. The van der Waals surface area contributed by atoms with Gasteiger partial charge in [-0.1, -0.05) is 37.3 Å². The molecule has 0 aliphatic carbocycles. The maximum absolute atomic E-state index is 12.4. The first-order valence-corrected chi connectivity index (χ1v) is 7.74. The molecular formula is C16H19NOS. The van der Waals surface area contributed by atoms with Gasteiger partial charge in [0.2, 0.25) is 0 Å². The fourth-order valence-electron chi connectivity index (χ4n) is 1.96. The first kappa shape index (κ1) is 13.8. The summed E-state index contributed by atoms with van der Waals surface area (Å²) in [7, 11) is -1.04. The van der Waals surface area contributed by atoms with Gasteiger partial charge >= 0.3 is 0 Å². The van der Waals surface area contributed by atoms with E-state index >= 15 is 0 Å². The predicted octanol–water partition coefficient (Wildman–Crippen LogP) is 3.45. The molecule has 0 amide bonds. The molecule has 2 aromatic rings. The van der Waals surface area contributed by atoms with Crippen LogP contribution in [-0.2, 0) is 23.0 Å². The number of rotatable bonds is 4. The van der Waals surface area contributed by atoms with Crippen molar-refractivity contribution in [2.24, 2.45) is 0 Å². The van der Waals surface area contributed by atoms with Crippen LogP contribution in [0.4, 0.5) is 5.69 Å². The van der Waals surface area contributed by atoms with Gasteiger partial charge in [-0.25, -0.2) is 0 Å². The van der Waals surface area contributed by atoms with E-state index in [4.69, 9.17) is 5.73 Å². The number of benzene rings is 2. The van der Waals surface area contributed by atoms with E-state index in [-0.39, 0.29) is 0 Å². The molecule has 0 aromatic heterocycles. The maximum atomic E-state index is 12.4. The Morgan fingerprint density at radius 3 is 2.32 bits per heavy atom. The highest BCUT2D eigenvalue weighted by molar-refractivity contribution is 7.84. The highest BCUT2D eigenvalue weighted by Gasteiger charge is 2.08. The number of nitrogen functional groups attached to an aromatic ring is 1. The molecule has 0 spiro atoms. The number of aryl methyl sites for hydroxylation is 2. The minimum absolute atomic E-state index is 0.536. The molecule has 0 saturated carbocycles. The van der Waals surface area contributed by atoms with E-state index in [1.54, 1.807) is 0 Å². The zero-order valence-electron chi connectivity index (χ0n) is 11.3. The predicted molar refractivity (Wildman–Crippen MR) is 81.5 cm³/mol. The summed E-state index contributed by atoms with van der Waals surface area (Å²) in [6.07, 6.45) is 1.03. The highest BCUT2D eigenvalue weighted by atomic mass is 32.2. The Hall–Kier alpha value is -1.61. The quantitative estimate of drug-likeness (QED) is 0.867. The number of hydrogen-bond acceptors (Lipinski definition) is 2. The van der Waals surface area contributed by atoms with Crippen LogP contribution < -0.4 is 5.73 Å². The summed E-state index contributed by atoms with van der Waals surface area (Å²) in [4.78, 5) is 0.833. The summed E-state index contributed by atoms with van der Waals surface area (Å²) in [5.41, 5.74) is 9.85. The molecule has 0 aliphatic rings. The lowest BCUT2D eigenvalue weighted by Crippen LogP contribution is -2.00. The second-order valence-corrected chi connectivity index (χ2v) is 6.10. The smallest absolute Gasteiger partial charge is 0.0577 e. The lowest BCUT2D eigenvalue weighted by molar-refractivity contribution is 0.682. The monoisotopic (exact) mass is 273 g/mol. The van der Waals surface area contributed by atoms with Crippen LogP contribution >= 0.6 is 0 Å². The Balaban J connectivity index is 2.18. The first-order chi connectivity index (χ1) is 9.10. The van der Waals surface area contributed by atoms with E-state index in [0.717, 1.165) is 22.4 Å². The SMILES string of the molecule is CCc1ccc(CS(=O)c2cc(N)ccc2C)cc1. The Kier molecular flexibility index (Phi) is 4.38. The van der Waals surface area contributed by atoms with Gasteiger partial charge in [0.25, 0.3) is 0 Å². The number of hydrogen-bond donors (Lipinski definition) is 1. The zero-order valence-corrected chi connectivity index (χ0v) is 12.2. The van der Waals surface area contributed by atoms with Crippen LogP contribution in [0.1, 0.15) is 23.6 Å². The van der Waals surface area contributed by atoms with Gasteiger partial charge < -0.3 is 5.73 Å². The molecular weight excluding hydrogens is 254 g/mol. The van der Waals surface area contributed by atoms with Crippen molar-refractivity contribution in [3.05, 3.63) is 59.2 Å². The zero-order chi connectivity index (χ0) is 13.8. The molecule has 1 unspecified atom stereocenters. The van der Waals surface area contributed by atoms with Crippen LogP contribution in [0.5, 0.6) is 0 Å². The van der Waals surface area contributed by atoms with Gasteiger partial charge in [-0.2, -0.15) is 0 Å². The highest BCUT2D eigenvalue weighted by Crippen LogP contribution is 2.19. The lowest BCUT2D eigenvalue weighted by atomic mass is 10.1. The molecule has 3 heteroatoms. The van der Waals surface area contributed by atoms with Crippen LogP contribution in [0.15, 0.2) is 47.4 Å². The van der Waals surface area contributed by atoms with E-state index in [1.807, 2.05) is 25.1 Å². The molecule has 0 fully saturated rings. The van der Waals surface area contributed by atoms with E-state index in [9.17, 15) is 4.21 Å². The average molecular weight is 273 g/mol. The van der Waals surface area contributed by atoms with Crippen molar-refractivity contribution in [3.8, 4) is 0 Å². The third-order valence-corrected chi connectivity index (χ3v) is 4.71. The van der Waals surface area contributed by atoms with Gasteiger partial charge in [-0.15, -0.1) is 0 Å². The fourth-order valence-corrected chi connectivity index (χ4v) is 3.31. The van der Waals surface area contributed by atoms with E-state index in [2.05, 4.69) is 31.2 Å². The Morgan fingerprint density at radius 1 is 1.05 bits per heavy atom. The summed E-state index contributed by atoms with van der Waals surface area (Å²) in [6.45, 7) is 4.09. The third-order valence-electron chi connectivity index (χ3n) is 3.19. The Labute approximate surface area is 117 Å². The van der Waals surface area contributed by atoms with Gasteiger partial charge in [0.05, 0.1) is 16.6 Å². The number of nitrogens with two attached hydrogens (primary N) is 1. The van der Waals surface area contributed by atoms with Crippen LogP contribution in [0.2, 0.25) is 0 Å². The normalized spacial score (nSPS) is 12.3. The van der Waals surface area contributed by atoms with E-state index in [1.165, 1.54) is 5.56 Å². The van der Waals surface area contributed by atoms with E-state index < -0.39 is 10.8 Å². The van der Waals surface area contributed by atoms with Crippen molar-refractivity contribution in [2.75, 3.05) is 5.73 Å². The number of anilines is 1. The Bertz CT molecular complexity index is 590. The van der Waals surface area contributed by atoms with Crippen molar-refractivity contribution in [1.82, 2.24) is 0 Å². The molecule has 2 aromatic carbocycles. The standard InChI is InChI=1S/C16H19NOS/c1-3-13-5-7-14(8-6-13)11-19(18)16-10-15(17)9-4-12(16)2/h4-10H,3,11,17H2,1-2H3. The van der Waals surface area contributed by atoms with Crippen LogP contribution in [0, 0.1) is 6.92 Å². The molecule has 2 nitrogen and oxygen atoms in total. The summed E-state index contributed by atoms with van der Waals surface area (Å²) in [5.74, 6) is 0.536. The van der Waals surface area contributed by atoms with Crippen LogP contribution in [0.25, 0.3) is 0 Å². The second kappa shape index (κ2) is 6.02. The minimum Gasteiger partial charge on any atom is -0.399 e. The molecule has 0 radical (unpaired) electrons. The summed E-state index contributed by atoms with van der Waals surface area (Å²) >= 11 is 0. The molecule has 1 atom stereocenters. The summed E-state index contributed by atoms with van der Waals surface area (Å²) in [6, 6.07) is 13.9. The average Bonchev–Trinajstić information content (AvgIpc) is 2.42. The first-order valence-electron chi connectivity index (χ1n) is 6.42. The fraction of sp³-hybridized carbons (Fsp3) is 0.250. The van der Waals surface area contributed by atoms with Crippen molar-refractivity contribution >= 4 is 16.5 Å². The van der Waals surface area contributed by atoms with E-state index in [0.29, 0.717) is 11.4 Å². The molecule has 0 heterocycles. The van der Waals surface area contributed by atoms with Crippen LogP contribution in [0.3, 0.4) is 0 Å². The molecule has 0 saturated heterocycles. The molecule has 2 N–H and O–H groups in total.